The van der Waals surface area contributed by atoms with Crippen molar-refractivity contribution in [1.29, 1.82) is 0 Å². The minimum atomic E-state index is -0.204. The van der Waals surface area contributed by atoms with Gasteiger partial charge < -0.3 is 0 Å². The van der Waals surface area contributed by atoms with Crippen LogP contribution in [0.25, 0.3) is 3.62 Å². The molecule has 86 valence electrons. The second kappa shape index (κ2) is 7.65. The van der Waals surface area contributed by atoms with Crippen molar-refractivity contribution in [3.8, 4) is 0 Å². The first-order valence-electron chi connectivity index (χ1n) is 5.64. The molecule has 1 aromatic carbocycles. The summed E-state index contributed by atoms with van der Waals surface area (Å²) in [5.41, 5.74) is 1.23. The monoisotopic (exact) mass is 332 g/mol. The van der Waals surface area contributed by atoms with Crippen LogP contribution >= 0.6 is 0 Å². The molecule has 0 aromatic heterocycles. The second-order valence-electron chi connectivity index (χ2n) is 3.69. The average molecular weight is 330 g/mol. The zero-order valence-electron chi connectivity index (χ0n) is 9.90. The van der Waals surface area contributed by atoms with E-state index in [4.69, 9.17) is 0 Å². The molecule has 1 rings (SSSR count). The average Bonchev–Trinajstić information content (AvgIpc) is 2.29. The van der Waals surface area contributed by atoms with Crippen molar-refractivity contribution in [2.45, 2.75) is 31.2 Å². The van der Waals surface area contributed by atoms with Gasteiger partial charge in [0.15, 0.2) is 0 Å². The number of unbranched alkanes of at least 4 members (excludes halogenated alkanes) is 1. The fourth-order valence-electron chi connectivity index (χ4n) is 1.32. The van der Waals surface area contributed by atoms with Crippen molar-refractivity contribution in [2.75, 3.05) is 0 Å². The summed E-state index contributed by atoms with van der Waals surface area (Å²) in [6.07, 6.45) is 4.35. The summed E-state index contributed by atoms with van der Waals surface area (Å²) in [4.78, 5) is 11.2. The topological polar surface area (TPSA) is 17.1 Å². The van der Waals surface area contributed by atoms with Gasteiger partial charge in [-0.2, -0.15) is 0 Å². The molecule has 0 heterocycles. The first kappa shape index (κ1) is 13.5. The quantitative estimate of drug-likeness (QED) is 0.443. The van der Waals surface area contributed by atoms with Crippen molar-refractivity contribution in [1.82, 2.24) is 0 Å². The van der Waals surface area contributed by atoms with Crippen molar-refractivity contribution in [3.05, 3.63) is 42.0 Å². The molecule has 0 saturated carbocycles. The van der Waals surface area contributed by atoms with Crippen molar-refractivity contribution < 1.29 is 4.79 Å². The molecule has 0 amide bonds. The summed E-state index contributed by atoms with van der Waals surface area (Å²) in [6.45, 7) is 3.85. The molecule has 1 aromatic rings. The summed E-state index contributed by atoms with van der Waals surface area (Å²) in [5, 5.41) is 0. The molecule has 0 aliphatic heterocycles. The number of ketones is 1. The molecule has 0 aliphatic rings. The Hall–Kier alpha value is -0.580. The molecule has 0 spiro atoms. The molecule has 2 heteroatoms. The Morgan fingerprint density at radius 3 is 2.56 bits per heavy atom. The molecule has 0 radical (unpaired) electrons. The van der Waals surface area contributed by atoms with Gasteiger partial charge in [0.1, 0.15) is 0 Å². The zero-order valence-corrected chi connectivity index (χ0v) is 12.2. The summed E-state index contributed by atoms with van der Waals surface area (Å²) >= 11 is -0.204. The molecule has 0 N–H and O–H groups in total. The van der Waals surface area contributed by atoms with Gasteiger partial charge in [0.25, 0.3) is 0 Å². The van der Waals surface area contributed by atoms with Gasteiger partial charge in [-0.25, -0.2) is 0 Å². The van der Waals surface area contributed by atoms with Crippen molar-refractivity contribution in [2.24, 2.45) is 0 Å². The van der Waals surface area contributed by atoms with Crippen molar-refractivity contribution >= 4 is 30.3 Å². The molecule has 0 atom stereocenters. The number of hydrogen-bond acceptors (Lipinski definition) is 1. The van der Waals surface area contributed by atoms with Gasteiger partial charge in [-0.3, -0.25) is 0 Å². The van der Waals surface area contributed by atoms with E-state index in [2.05, 4.69) is 19.1 Å². The van der Waals surface area contributed by atoms with E-state index in [1.807, 2.05) is 24.3 Å². The van der Waals surface area contributed by atoms with Gasteiger partial charge in [-0.15, -0.1) is 0 Å². The first-order valence-corrected chi connectivity index (χ1v) is 8.46. The summed E-state index contributed by atoms with van der Waals surface area (Å²) in [5.74, 6) is 0.167. The van der Waals surface area contributed by atoms with Crippen LogP contribution in [0.15, 0.2) is 36.4 Å². The van der Waals surface area contributed by atoms with E-state index in [-0.39, 0.29) is 26.7 Å². The summed E-state index contributed by atoms with van der Waals surface area (Å²) in [6, 6.07) is 10.3. The molecule has 0 saturated heterocycles. The van der Waals surface area contributed by atoms with Gasteiger partial charge in [0.2, 0.25) is 0 Å². The molecule has 0 unspecified atom stereocenters. The van der Waals surface area contributed by atoms with Crippen LogP contribution < -0.4 is 0 Å². The van der Waals surface area contributed by atoms with Crippen LogP contribution in [-0.4, -0.2) is 26.7 Å². The van der Waals surface area contributed by atoms with E-state index in [0.717, 1.165) is 0 Å². The van der Waals surface area contributed by atoms with Gasteiger partial charge in [0, 0.05) is 0 Å². The van der Waals surface area contributed by atoms with Crippen molar-refractivity contribution in [3.63, 3.8) is 0 Å². The Morgan fingerprint density at radius 2 is 2.00 bits per heavy atom. The van der Waals surface area contributed by atoms with Gasteiger partial charge in [-0.1, -0.05) is 0 Å². The number of rotatable bonds is 6. The molecule has 1 nitrogen and oxygen atoms in total. The molecular weight excluding hydrogens is 312 g/mol. The van der Waals surface area contributed by atoms with Crippen LogP contribution in [0.1, 0.15) is 32.3 Å². The SMILES string of the molecule is CCCC[Te]/C(=C\C(C)=O)c1ccccc1. The maximum absolute atomic E-state index is 11.2. The predicted molar refractivity (Wildman–Crippen MR) is 70.6 cm³/mol. The van der Waals surface area contributed by atoms with E-state index in [1.54, 1.807) is 6.92 Å². The normalized spacial score (nSPS) is 11.5. The fraction of sp³-hybridized carbons (Fsp3) is 0.357. The Bertz CT molecular complexity index is 354. The number of benzene rings is 1. The number of carbonyl (C=O) groups excluding carboxylic acids is 1. The Balaban J connectivity index is 2.76. The van der Waals surface area contributed by atoms with E-state index < -0.39 is 0 Å². The van der Waals surface area contributed by atoms with Crippen LogP contribution in [0.5, 0.6) is 0 Å². The zero-order chi connectivity index (χ0) is 11.8. The first-order chi connectivity index (χ1) is 7.74. The molecule has 0 fully saturated rings. The van der Waals surface area contributed by atoms with E-state index in [1.165, 1.54) is 26.5 Å². The van der Waals surface area contributed by atoms with Gasteiger partial charge in [-0.05, 0) is 0 Å². The summed E-state index contributed by atoms with van der Waals surface area (Å²) < 4.78 is 2.59. The number of allylic oxidation sites excluding steroid dienone is 1. The van der Waals surface area contributed by atoms with E-state index >= 15 is 0 Å². The number of hydrogen-bond donors (Lipinski definition) is 0. The third kappa shape index (κ3) is 4.96. The Morgan fingerprint density at radius 1 is 1.31 bits per heavy atom. The van der Waals surface area contributed by atoms with Gasteiger partial charge >= 0.3 is 108 Å². The molecule has 0 bridgehead atoms. The maximum atomic E-state index is 11.2. The van der Waals surface area contributed by atoms with Gasteiger partial charge in [0.05, 0.1) is 0 Å². The third-order valence-corrected chi connectivity index (χ3v) is 5.45. The summed E-state index contributed by atoms with van der Waals surface area (Å²) in [7, 11) is 0. The van der Waals surface area contributed by atoms with E-state index in [0.29, 0.717) is 0 Å². The predicted octanol–water partition coefficient (Wildman–Crippen LogP) is 3.54. The minimum absolute atomic E-state index is 0.167. The second-order valence-corrected chi connectivity index (χ2v) is 6.93. The fourth-order valence-corrected chi connectivity index (χ4v) is 4.76. The Kier molecular flexibility index (Phi) is 6.45. The molecular formula is C14H18OTe. The molecule has 16 heavy (non-hydrogen) atoms. The van der Waals surface area contributed by atoms with E-state index in [9.17, 15) is 4.79 Å². The molecule has 0 aliphatic carbocycles. The third-order valence-electron chi connectivity index (χ3n) is 2.15. The Labute approximate surface area is 108 Å². The number of carbonyl (C=O) groups is 1. The van der Waals surface area contributed by atoms with Crippen LogP contribution in [0.4, 0.5) is 0 Å². The van der Waals surface area contributed by atoms with Crippen LogP contribution in [0.3, 0.4) is 0 Å². The standard InChI is InChI=1S/C14H18OTe/c1-3-4-10-16-14(11-12(2)15)13-8-6-5-7-9-13/h5-9,11H,3-4,10H2,1-2H3/b14-11-. The van der Waals surface area contributed by atoms with Crippen LogP contribution in [0.2, 0.25) is 4.47 Å². The van der Waals surface area contributed by atoms with Crippen LogP contribution in [0, 0.1) is 0 Å². The van der Waals surface area contributed by atoms with Crippen LogP contribution in [-0.2, 0) is 4.79 Å².